The van der Waals surface area contributed by atoms with Crippen LogP contribution < -0.4 is 10.1 Å². The Morgan fingerprint density at radius 1 is 1.21 bits per heavy atom. The fraction of sp³-hybridized carbons (Fsp3) is 0.300. The SMILES string of the molecule is COc1cc([N+](=O)[O-])cc2c1N[C@H](c1ccccc1C(F)(F)F)[C@@H]1CC=C[C@H]21. The standard InChI is InChI=1S/C20H17F3N2O3/c1-28-17-10-11(25(26)27)9-15-12-6-4-7-13(12)18(24-19(15)17)14-5-2-3-8-16(14)20(21,22)23/h2-6,8-10,12-13,18,24H,7H2,1H3/t12-,13+,18-/m0/s1. The summed E-state index contributed by atoms with van der Waals surface area (Å²) in [6.45, 7) is 0. The first-order valence-electron chi connectivity index (χ1n) is 8.77. The van der Waals surface area contributed by atoms with Crippen LogP contribution in [0, 0.1) is 16.0 Å². The summed E-state index contributed by atoms with van der Waals surface area (Å²) in [6.07, 6.45) is -0.0596. The number of halogens is 3. The van der Waals surface area contributed by atoms with Gasteiger partial charge in [-0.05, 0) is 29.5 Å². The topological polar surface area (TPSA) is 64.4 Å². The fourth-order valence-corrected chi connectivity index (χ4v) is 4.25. The second-order valence-corrected chi connectivity index (χ2v) is 6.93. The summed E-state index contributed by atoms with van der Waals surface area (Å²) >= 11 is 0. The monoisotopic (exact) mass is 390 g/mol. The second-order valence-electron chi connectivity index (χ2n) is 6.93. The summed E-state index contributed by atoms with van der Waals surface area (Å²) in [6, 6.07) is 7.70. The number of fused-ring (bicyclic) bond motifs is 3. The zero-order chi connectivity index (χ0) is 20.1. The number of anilines is 1. The van der Waals surface area contributed by atoms with Crippen LogP contribution >= 0.6 is 0 Å². The lowest BCUT2D eigenvalue weighted by Gasteiger charge is -2.38. The highest BCUT2D eigenvalue weighted by Crippen LogP contribution is 2.54. The Balaban J connectivity index is 1.88. The van der Waals surface area contributed by atoms with Crippen molar-refractivity contribution in [2.45, 2.75) is 24.6 Å². The number of hydrogen-bond acceptors (Lipinski definition) is 4. The second kappa shape index (κ2) is 6.54. The molecule has 0 fully saturated rings. The van der Waals surface area contributed by atoms with Gasteiger partial charge >= 0.3 is 6.18 Å². The summed E-state index contributed by atoms with van der Waals surface area (Å²) in [4.78, 5) is 10.8. The molecule has 0 radical (unpaired) electrons. The number of hydrogen-bond donors (Lipinski definition) is 1. The Morgan fingerprint density at radius 2 is 1.96 bits per heavy atom. The first kappa shape index (κ1) is 18.3. The van der Waals surface area contributed by atoms with Gasteiger partial charge in [0.25, 0.3) is 5.69 Å². The van der Waals surface area contributed by atoms with E-state index in [4.69, 9.17) is 4.74 Å². The molecule has 5 nitrogen and oxygen atoms in total. The van der Waals surface area contributed by atoms with E-state index in [1.165, 1.54) is 31.4 Å². The van der Waals surface area contributed by atoms with E-state index < -0.39 is 22.7 Å². The zero-order valence-electron chi connectivity index (χ0n) is 14.9. The van der Waals surface area contributed by atoms with Crippen molar-refractivity contribution in [3.8, 4) is 5.75 Å². The van der Waals surface area contributed by atoms with E-state index in [0.29, 0.717) is 17.7 Å². The Morgan fingerprint density at radius 3 is 2.64 bits per heavy atom. The molecule has 146 valence electrons. The van der Waals surface area contributed by atoms with Crippen LogP contribution in [-0.2, 0) is 6.18 Å². The van der Waals surface area contributed by atoms with Crippen LogP contribution in [0.15, 0.2) is 48.6 Å². The van der Waals surface area contributed by atoms with E-state index in [1.807, 2.05) is 12.2 Å². The number of nitrogens with zero attached hydrogens (tertiary/aromatic N) is 1. The number of methoxy groups -OCH3 is 1. The van der Waals surface area contributed by atoms with Crippen LogP contribution in [-0.4, -0.2) is 12.0 Å². The zero-order valence-corrected chi connectivity index (χ0v) is 14.9. The van der Waals surface area contributed by atoms with Crippen molar-refractivity contribution in [2.24, 2.45) is 5.92 Å². The summed E-state index contributed by atoms with van der Waals surface area (Å²) in [5.74, 6) is -0.156. The van der Waals surface area contributed by atoms with Gasteiger partial charge in [-0.25, -0.2) is 0 Å². The smallest absolute Gasteiger partial charge is 0.416 e. The molecule has 1 heterocycles. The molecule has 3 atom stereocenters. The number of allylic oxidation sites excluding steroid dienone is 2. The van der Waals surface area contributed by atoms with Gasteiger partial charge in [0.05, 0.1) is 35.4 Å². The van der Waals surface area contributed by atoms with Gasteiger partial charge in [-0.2, -0.15) is 13.2 Å². The quantitative estimate of drug-likeness (QED) is 0.430. The molecule has 4 rings (SSSR count). The van der Waals surface area contributed by atoms with Gasteiger partial charge in [0.2, 0.25) is 0 Å². The molecule has 0 saturated heterocycles. The van der Waals surface area contributed by atoms with E-state index in [-0.39, 0.29) is 28.8 Å². The first-order valence-corrected chi connectivity index (χ1v) is 8.77. The molecule has 1 aliphatic carbocycles. The lowest BCUT2D eigenvalue weighted by molar-refractivity contribution is -0.385. The van der Waals surface area contributed by atoms with Crippen LogP contribution in [0.2, 0.25) is 0 Å². The number of rotatable bonds is 3. The van der Waals surface area contributed by atoms with E-state index in [2.05, 4.69) is 5.32 Å². The van der Waals surface area contributed by atoms with Crippen molar-refractivity contribution < 1.29 is 22.8 Å². The maximum atomic E-state index is 13.6. The average molecular weight is 390 g/mol. The third kappa shape index (κ3) is 2.89. The van der Waals surface area contributed by atoms with Gasteiger partial charge < -0.3 is 10.1 Å². The van der Waals surface area contributed by atoms with Gasteiger partial charge in [-0.15, -0.1) is 0 Å². The number of nitro groups is 1. The van der Waals surface area contributed by atoms with Crippen LogP contribution in [0.5, 0.6) is 5.75 Å². The van der Waals surface area contributed by atoms with Gasteiger partial charge in [-0.3, -0.25) is 10.1 Å². The number of ether oxygens (including phenoxy) is 1. The lowest BCUT2D eigenvalue weighted by atomic mass is 9.76. The fourth-order valence-electron chi connectivity index (χ4n) is 4.25. The predicted octanol–water partition coefficient (Wildman–Crippen LogP) is 5.45. The molecule has 8 heteroatoms. The molecule has 0 amide bonds. The molecule has 1 N–H and O–H groups in total. The average Bonchev–Trinajstić information content (AvgIpc) is 3.15. The van der Waals surface area contributed by atoms with Crippen molar-refractivity contribution in [3.63, 3.8) is 0 Å². The van der Waals surface area contributed by atoms with Crippen LogP contribution in [0.25, 0.3) is 0 Å². The van der Waals surface area contributed by atoms with Crippen LogP contribution in [0.1, 0.15) is 35.1 Å². The summed E-state index contributed by atoms with van der Waals surface area (Å²) < 4.78 is 46.1. The number of nitro benzene ring substituents is 1. The van der Waals surface area contributed by atoms with E-state index in [0.717, 1.165) is 6.07 Å². The van der Waals surface area contributed by atoms with E-state index >= 15 is 0 Å². The highest BCUT2D eigenvalue weighted by Gasteiger charge is 2.43. The van der Waals surface area contributed by atoms with Crippen molar-refractivity contribution >= 4 is 11.4 Å². The molecular formula is C20H17F3N2O3. The Labute approximate surface area is 159 Å². The van der Waals surface area contributed by atoms with Crippen molar-refractivity contribution in [1.29, 1.82) is 0 Å². The minimum Gasteiger partial charge on any atom is -0.494 e. The van der Waals surface area contributed by atoms with Crippen molar-refractivity contribution in [2.75, 3.05) is 12.4 Å². The van der Waals surface area contributed by atoms with Gasteiger partial charge in [-0.1, -0.05) is 30.4 Å². The summed E-state index contributed by atoms with van der Waals surface area (Å²) in [5, 5.41) is 14.5. The van der Waals surface area contributed by atoms with Crippen molar-refractivity contribution in [3.05, 3.63) is 75.4 Å². The molecule has 28 heavy (non-hydrogen) atoms. The van der Waals surface area contributed by atoms with Gasteiger partial charge in [0.15, 0.2) is 0 Å². The van der Waals surface area contributed by atoms with Crippen LogP contribution in [0.3, 0.4) is 0 Å². The number of benzene rings is 2. The highest BCUT2D eigenvalue weighted by atomic mass is 19.4. The molecule has 0 bridgehead atoms. The largest absolute Gasteiger partial charge is 0.494 e. The molecule has 1 aliphatic heterocycles. The van der Waals surface area contributed by atoms with E-state index in [1.54, 1.807) is 6.07 Å². The molecule has 0 spiro atoms. The molecule has 2 aromatic rings. The number of non-ortho nitro benzene ring substituents is 1. The molecule has 0 aromatic heterocycles. The third-order valence-corrected chi connectivity index (χ3v) is 5.45. The van der Waals surface area contributed by atoms with Gasteiger partial charge in [0, 0.05) is 12.0 Å². The molecule has 0 unspecified atom stereocenters. The van der Waals surface area contributed by atoms with Crippen LogP contribution in [0.4, 0.5) is 24.5 Å². The normalized spacial score (nSPS) is 22.9. The Kier molecular flexibility index (Phi) is 4.28. The number of nitrogens with one attached hydrogen (secondary N) is 1. The molecular weight excluding hydrogens is 373 g/mol. The lowest BCUT2D eigenvalue weighted by Crippen LogP contribution is -2.31. The Bertz CT molecular complexity index is 972. The maximum Gasteiger partial charge on any atom is 0.416 e. The minimum atomic E-state index is -4.47. The predicted molar refractivity (Wildman–Crippen MR) is 97.4 cm³/mol. The molecule has 2 aromatic carbocycles. The third-order valence-electron chi connectivity index (χ3n) is 5.45. The summed E-state index contributed by atoms with van der Waals surface area (Å²) in [5.41, 5.74) is 0.557. The van der Waals surface area contributed by atoms with Gasteiger partial charge in [0.1, 0.15) is 5.75 Å². The van der Waals surface area contributed by atoms with E-state index in [9.17, 15) is 23.3 Å². The highest BCUT2D eigenvalue weighted by molar-refractivity contribution is 5.71. The van der Waals surface area contributed by atoms with Crippen molar-refractivity contribution in [1.82, 2.24) is 0 Å². The molecule has 2 aliphatic rings. The first-order chi connectivity index (χ1) is 13.3. The minimum absolute atomic E-state index is 0.106. The maximum absolute atomic E-state index is 13.6. The summed E-state index contributed by atoms with van der Waals surface area (Å²) in [7, 11) is 1.39. The number of alkyl halides is 3. The molecule has 0 saturated carbocycles. The Hall–Kier alpha value is -3.03.